The summed E-state index contributed by atoms with van der Waals surface area (Å²) in [7, 11) is 1.70. The third-order valence-corrected chi connectivity index (χ3v) is 5.75. The van der Waals surface area contributed by atoms with Gasteiger partial charge in [-0.05, 0) is 79.9 Å². The Balaban J connectivity index is 1.25. The van der Waals surface area contributed by atoms with Gasteiger partial charge in [0.25, 0.3) is 0 Å². The summed E-state index contributed by atoms with van der Waals surface area (Å²) in [6, 6.07) is 25.4. The average molecular weight is 431 g/mol. The Labute approximate surface area is 190 Å². The van der Waals surface area contributed by atoms with Crippen molar-refractivity contribution in [2.45, 2.75) is 19.3 Å². The van der Waals surface area contributed by atoms with Crippen molar-refractivity contribution in [1.82, 2.24) is 4.90 Å². The molecule has 5 heteroatoms. The first-order valence-corrected chi connectivity index (χ1v) is 11.2. The zero-order valence-electron chi connectivity index (χ0n) is 18.6. The van der Waals surface area contributed by atoms with E-state index in [1.165, 1.54) is 36.4 Å². The van der Waals surface area contributed by atoms with Gasteiger partial charge in [0.2, 0.25) is 0 Å². The summed E-state index contributed by atoms with van der Waals surface area (Å²) in [5.41, 5.74) is 3.16. The quantitative estimate of drug-likeness (QED) is 0.481. The molecule has 1 fully saturated rings. The molecule has 0 aromatic heterocycles. The number of carbonyl (C=O) groups is 1. The number of benzene rings is 3. The van der Waals surface area contributed by atoms with Crippen LogP contribution in [0.1, 0.15) is 24.0 Å². The first-order valence-electron chi connectivity index (χ1n) is 11.2. The molecule has 1 aliphatic rings. The molecule has 0 spiro atoms. The number of amides is 1. The number of ether oxygens (including phenoxy) is 2. The van der Waals surface area contributed by atoms with Gasteiger partial charge in [-0.2, -0.15) is 0 Å². The SMILES string of the molecule is CN(C(=O)Oc1ccc(Cc2ccc(OCCN3CCCC3)cc2)cc1)c1ccccc1. The second kappa shape index (κ2) is 10.8. The van der Waals surface area contributed by atoms with Crippen molar-refractivity contribution in [2.75, 3.05) is 38.2 Å². The zero-order valence-corrected chi connectivity index (χ0v) is 18.6. The molecule has 32 heavy (non-hydrogen) atoms. The molecule has 0 N–H and O–H groups in total. The number of hydrogen-bond acceptors (Lipinski definition) is 4. The first-order chi connectivity index (χ1) is 15.7. The smallest absolute Gasteiger partial charge is 0.419 e. The lowest BCUT2D eigenvalue weighted by Gasteiger charge is -2.16. The van der Waals surface area contributed by atoms with Gasteiger partial charge in [-0.15, -0.1) is 0 Å². The Hall–Kier alpha value is -3.31. The molecule has 3 aromatic rings. The van der Waals surface area contributed by atoms with Crippen LogP contribution >= 0.6 is 0 Å². The number of para-hydroxylation sites is 1. The summed E-state index contributed by atoms with van der Waals surface area (Å²) in [4.78, 5) is 16.3. The minimum Gasteiger partial charge on any atom is -0.492 e. The van der Waals surface area contributed by atoms with E-state index in [2.05, 4.69) is 17.0 Å². The van der Waals surface area contributed by atoms with Crippen LogP contribution in [0.4, 0.5) is 10.5 Å². The van der Waals surface area contributed by atoms with Crippen molar-refractivity contribution < 1.29 is 14.3 Å². The number of hydrogen-bond donors (Lipinski definition) is 0. The van der Waals surface area contributed by atoms with Crippen LogP contribution in [-0.2, 0) is 6.42 Å². The van der Waals surface area contributed by atoms with E-state index in [4.69, 9.17) is 9.47 Å². The highest BCUT2D eigenvalue weighted by Crippen LogP contribution is 2.20. The number of nitrogens with zero attached hydrogens (tertiary/aromatic N) is 2. The third kappa shape index (κ3) is 6.11. The minimum atomic E-state index is -0.413. The number of likely N-dealkylation sites (tertiary alicyclic amines) is 1. The van der Waals surface area contributed by atoms with Gasteiger partial charge in [0.15, 0.2) is 0 Å². The fourth-order valence-corrected chi connectivity index (χ4v) is 3.84. The lowest BCUT2D eigenvalue weighted by molar-refractivity contribution is 0.209. The van der Waals surface area contributed by atoms with Crippen LogP contribution in [0.3, 0.4) is 0 Å². The molecule has 0 unspecified atom stereocenters. The molecule has 0 radical (unpaired) electrons. The maximum absolute atomic E-state index is 12.4. The van der Waals surface area contributed by atoms with Gasteiger partial charge in [0.05, 0.1) is 0 Å². The van der Waals surface area contributed by atoms with Crippen LogP contribution in [0, 0.1) is 0 Å². The van der Waals surface area contributed by atoms with Crippen LogP contribution in [0.5, 0.6) is 11.5 Å². The maximum Gasteiger partial charge on any atom is 0.419 e. The molecule has 0 aliphatic carbocycles. The summed E-state index contributed by atoms with van der Waals surface area (Å²) in [5, 5.41) is 0. The highest BCUT2D eigenvalue weighted by Gasteiger charge is 2.13. The standard InChI is InChI=1S/C27H30N2O3/c1-28(24-7-3-2-4-8-24)27(30)32-26-15-11-23(12-16-26)21-22-9-13-25(14-10-22)31-20-19-29-17-5-6-18-29/h2-4,7-16H,5-6,17-21H2,1H3. The lowest BCUT2D eigenvalue weighted by atomic mass is 10.0. The molecule has 0 saturated carbocycles. The molecule has 1 saturated heterocycles. The fraction of sp³-hybridized carbons (Fsp3) is 0.296. The first kappa shape index (κ1) is 21.9. The Morgan fingerprint density at radius 2 is 1.44 bits per heavy atom. The van der Waals surface area contributed by atoms with E-state index in [1.54, 1.807) is 7.05 Å². The number of anilines is 1. The molecule has 0 atom stereocenters. The Bertz CT molecular complexity index is 982. The van der Waals surface area contributed by atoms with Crippen molar-refractivity contribution >= 4 is 11.8 Å². The average Bonchev–Trinajstić information content (AvgIpc) is 3.35. The fourth-order valence-electron chi connectivity index (χ4n) is 3.84. The second-order valence-electron chi connectivity index (χ2n) is 8.12. The molecule has 0 bridgehead atoms. The Morgan fingerprint density at radius 3 is 2.06 bits per heavy atom. The van der Waals surface area contributed by atoms with Gasteiger partial charge in [-0.3, -0.25) is 9.80 Å². The second-order valence-corrected chi connectivity index (χ2v) is 8.12. The van der Waals surface area contributed by atoms with Crippen molar-refractivity contribution in [2.24, 2.45) is 0 Å². The largest absolute Gasteiger partial charge is 0.492 e. The summed E-state index contributed by atoms with van der Waals surface area (Å²) in [6.45, 7) is 4.13. The van der Waals surface area contributed by atoms with E-state index in [-0.39, 0.29) is 0 Å². The van der Waals surface area contributed by atoms with Crippen molar-refractivity contribution in [3.05, 3.63) is 90.0 Å². The van der Waals surface area contributed by atoms with Crippen molar-refractivity contribution in [3.8, 4) is 11.5 Å². The molecule has 1 heterocycles. The zero-order chi connectivity index (χ0) is 22.2. The summed E-state index contributed by atoms with van der Waals surface area (Å²) < 4.78 is 11.4. The Kier molecular flexibility index (Phi) is 7.41. The van der Waals surface area contributed by atoms with Crippen molar-refractivity contribution in [1.29, 1.82) is 0 Å². The third-order valence-electron chi connectivity index (χ3n) is 5.75. The van der Waals surface area contributed by atoms with Gasteiger partial charge >= 0.3 is 6.09 Å². The van der Waals surface area contributed by atoms with Gasteiger partial charge in [0, 0.05) is 19.3 Å². The highest BCUT2D eigenvalue weighted by molar-refractivity contribution is 5.88. The molecule has 1 aliphatic heterocycles. The van der Waals surface area contributed by atoms with E-state index >= 15 is 0 Å². The molecule has 5 nitrogen and oxygen atoms in total. The Morgan fingerprint density at radius 1 is 0.844 bits per heavy atom. The maximum atomic E-state index is 12.4. The minimum absolute atomic E-state index is 0.413. The number of rotatable bonds is 8. The highest BCUT2D eigenvalue weighted by atomic mass is 16.6. The van der Waals surface area contributed by atoms with Gasteiger partial charge in [0.1, 0.15) is 18.1 Å². The summed E-state index contributed by atoms with van der Waals surface area (Å²) >= 11 is 0. The molecule has 1 amide bonds. The predicted octanol–water partition coefficient (Wildman–Crippen LogP) is 5.39. The number of carbonyl (C=O) groups excluding carboxylic acids is 1. The molecular weight excluding hydrogens is 400 g/mol. The summed E-state index contributed by atoms with van der Waals surface area (Å²) in [6.07, 6.45) is 3.02. The van der Waals surface area contributed by atoms with Crippen LogP contribution in [-0.4, -0.2) is 44.3 Å². The topological polar surface area (TPSA) is 42.0 Å². The lowest BCUT2D eigenvalue weighted by Crippen LogP contribution is -2.29. The van der Waals surface area contributed by atoms with Gasteiger partial charge < -0.3 is 9.47 Å². The monoisotopic (exact) mass is 430 g/mol. The van der Waals surface area contributed by atoms with Crippen LogP contribution in [0.15, 0.2) is 78.9 Å². The summed E-state index contributed by atoms with van der Waals surface area (Å²) in [5.74, 6) is 1.45. The molecule has 166 valence electrons. The van der Waals surface area contributed by atoms with E-state index in [0.29, 0.717) is 5.75 Å². The van der Waals surface area contributed by atoms with E-state index < -0.39 is 6.09 Å². The van der Waals surface area contributed by atoms with E-state index in [0.717, 1.165) is 36.6 Å². The van der Waals surface area contributed by atoms with E-state index in [1.807, 2.05) is 66.7 Å². The predicted molar refractivity (Wildman–Crippen MR) is 128 cm³/mol. The van der Waals surface area contributed by atoms with Crippen LogP contribution in [0.25, 0.3) is 0 Å². The van der Waals surface area contributed by atoms with Crippen LogP contribution < -0.4 is 14.4 Å². The van der Waals surface area contributed by atoms with Crippen LogP contribution in [0.2, 0.25) is 0 Å². The van der Waals surface area contributed by atoms with Gasteiger partial charge in [-0.1, -0.05) is 42.5 Å². The normalized spacial score (nSPS) is 13.7. The molecular formula is C27H30N2O3. The molecule has 3 aromatic carbocycles. The van der Waals surface area contributed by atoms with E-state index in [9.17, 15) is 4.79 Å². The van der Waals surface area contributed by atoms with Gasteiger partial charge in [-0.25, -0.2) is 4.79 Å². The molecule has 4 rings (SSSR count). The van der Waals surface area contributed by atoms with Crippen molar-refractivity contribution in [3.63, 3.8) is 0 Å².